The van der Waals surface area contributed by atoms with Crippen molar-refractivity contribution in [2.45, 2.75) is 20.0 Å². The molecule has 3 N–H and O–H groups in total. The lowest BCUT2D eigenvalue weighted by Gasteiger charge is -2.18. The number of halogens is 1. The molecular weight excluding hydrogens is 487 g/mol. The van der Waals surface area contributed by atoms with Crippen LogP contribution in [-0.4, -0.2) is 74.1 Å². The van der Waals surface area contributed by atoms with Gasteiger partial charge in [0.1, 0.15) is 17.7 Å². The van der Waals surface area contributed by atoms with Crippen LogP contribution < -0.4 is 20.4 Å². The van der Waals surface area contributed by atoms with Crippen LogP contribution in [-0.2, 0) is 23.9 Å². The summed E-state index contributed by atoms with van der Waals surface area (Å²) >= 11 is 0. The standard InChI is InChI=1S/C24H27FN6O6/c1-15(32)28-11-19-12-31(24(35)37-19)18-4-5-20(21(25)9-18)17-3-6-22(29-10-17)30(14-26)8-7-27-23(34)13-36-16(2)33/h3-6,9-10,14,19,26H,7-8,11-13H2,1-2H3,(H,27,34)(H,28,32)/t19-/m0/s1. The van der Waals surface area contributed by atoms with Crippen LogP contribution in [0.3, 0.4) is 0 Å². The number of pyridine rings is 1. The normalized spacial score (nSPS) is 14.5. The maximum atomic E-state index is 15.0. The van der Waals surface area contributed by atoms with Crippen LogP contribution in [0.25, 0.3) is 11.1 Å². The highest BCUT2D eigenvalue weighted by Gasteiger charge is 2.32. The molecule has 0 aliphatic carbocycles. The van der Waals surface area contributed by atoms with Crippen molar-refractivity contribution in [1.82, 2.24) is 15.6 Å². The summed E-state index contributed by atoms with van der Waals surface area (Å²) in [5.74, 6) is -1.42. The summed E-state index contributed by atoms with van der Waals surface area (Å²) in [4.78, 5) is 52.7. The molecule has 3 rings (SSSR count). The van der Waals surface area contributed by atoms with Crippen LogP contribution in [0, 0.1) is 11.2 Å². The number of rotatable bonds is 11. The highest BCUT2D eigenvalue weighted by Crippen LogP contribution is 2.29. The number of amides is 3. The van der Waals surface area contributed by atoms with Gasteiger partial charge < -0.3 is 25.0 Å². The van der Waals surface area contributed by atoms with E-state index in [1.165, 1.54) is 42.0 Å². The molecule has 196 valence electrons. The highest BCUT2D eigenvalue weighted by molar-refractivity contribution is 5.90. The SMILES string of the molecule is CC(=O)NC[C@H]1CN(c2ccc(-c3ccc(N(C=N)CCNC(=O)COC(C)=O)nc3)c(F)c2)C(=O)O1. The molecule has 1 fully saturated rings. The van der Waals surface area contributed by atoms with E-state index >= 15 is 0 Å². The monoisotopic (exact) mass is 514 g/mol. The van der Waals surface area contributed by atoms with E-state index in [0.29, 0.717) is 17.1 Å². The van der Waals surface area contributed by atoms with Crippen LogP contribution in [0.2, 0.25) is 0 Å². The first-order valence-corrected chi connectivity index (χ1v) is 11.3. The number of nitrogens with one attached hydrogen (secondary N) is 3. The van der Waals surface area contributed by atoms with Gasteiger partial charge in [0.25, 0.3) is 5.91 Å². The van der Waals surface area contributed by atoms with E-state index in [1.807, 2.05) is 0 Å². The first-order valence-electron chi connectivity index (χ1n) is 11.3. The number of hydrogen-bond acceptors (Lipinski definition) is 8. The number of esters is 1. The lowest BCUT2D eigenvalue weighted by Crippen LogP contribution is -2.36. The molecule has 3 amide bonds. The van der Waals surface area contributed by atoms with Crippen molar-refractivity contribution in [3.05, 3.63) is 42.3 Å². The predicted molar refractivity (Wildman–Crippen MR) is 132 cm³/mol. The summed E-state index contributed by atoms with van der Waals surface area (Å²) in [5, 5.41) is 12.8. The summed E-state index contributed by atoms with van der Waals surface area (Å²) < 4.78 is 24.8. The van der Waals surface area contributed by atoms with Crippen molar-refractivity contribution in [3.63, 3.8) is 0 Å². The number of nitrogens with zero attached hydrogens (tertiary/aromatic N) is 3. The van der Waals surface area contributed by atoms with E-state index in [1.54, 1.807) is 18.2 Å². The van der Waals surface area contributed by atoms with Crippen LogP contribution in [0.15, 0.2) is 36.5 Å². The van der Waals surface area contributed by atoms with Gasteiger partial charge in [-0.15, -0.1) is 0 Å². The minimum Gasteiger partial charge on any atom is -0.456 e. The molecule has 0 unspecified atom stereocenters. The molecule has 0 radical (unpaired) electrons. The van der Waals surface area contributed by atoms with E-state index < -0.39 is 29.9 Å². The lowest BCUT2D eigenvalue weighted by molar-refractivity contribution is -0.146. The number of carbonyl (C=O) groups excluding carboxylic acids is 4. The number of carbonyl (C=O) groups is 4. The molecule has 1 aromatic carbocycles. The zero-order chi connectivity index (χ0) is 26.9. The summed E-state index contributed by atoms with van der Waals surface area (Å²) in [6, 6.07) is 7.61. The maximum absolute atomic E-state index is 15.0. The first-order chi connectivity index (χ1) is 17.7. The van der Waals surface area contributed by atoms with Gasteiger partial charge in [-0.25, -0.2) is 14.2 Å². The fourth-order valence-corrected chi connectivity index (χ4v) is 3.50. The van der Waals surface area contributed by atoms with Crippen LogP contribution in [0.4, 0.5) is 20.7 Å². The van der Waals surface area contributed by atoms with Gasteiger partial charge in [0, 0.05) is 44.3 Å². The Labute approximate surface area is 212 Å². The van der Waals surface area contributed by atoms with Crippen molar-refractivity contribution in [2.75, 3.05) is 42.6 Å². The third-order valence-corrected chi connectivity index (χ3v) is 5.31. The average Bonchev–Trinajstić information content (AvgIpc) is 3.24. The molecule has 1 aliphatic heterocycles. The fraction of sp³-hybridized carbons (Fsp3) is 0.333. The Morgan fingerprint density at radius 2 is 2.05 bits per heavy atom. The number of ether oxygens (including phenoxy) is 2. The van der Waals surface area contributed by atoms with Crippen molar-refractivity contribution >= 4 is 41.7 Å². The second-order valence-electron chi connectivity index (χ2n) is 8.08. The molecule has 1 saturated heterocycles. The van der Waals surface area contributed by atoms with Gasteiger partial charge in [-0.1, -0.05) is 0 Å². The largest absolute Gasteiger partial charge is 0.456 e. The summed E-state index contributed by atoms with van der Waals surface area (Å²) in [7, 11) is 0. The average molecular weight is 515 g/mol. The minimum atomic E-state index is -0.622. The van der Waals surface area contributed by atoms with E-state index in [2.05, 4.69) is 20.4 Å². The molecule has 37 heavy (non-hydrogen) atoms. The Hall–Kier alpha value is -4.55. The molecule has 2 heterocycles. The summed E-state index contributed by atoms with van der Waals surface area (Å²) in [6.45, 7) is 2.95. The fourth-order valence-electron chi connectivity index (χ4n) is 3.50. The maximum Gasteiger partial charge on any atom is 0.414 e. The Kier molecular flexibility index (Phi) is 9.08. The Morgan fingerprint density at radius 1 is 1.27 bits per heavy atom. The molecule has 0 saturated carbocycles. The zero-order valence-electron chi connectivity index (χ0n) is 20.3. The third kappa shape index (κ3) is 7.46. The second kappa shape index (κ2) is 12.4. The van der Waals surface area contributed by atoms with Crippen molar-refractivity contribution in [3.8, 4) is 11.1 Å². The van der Waals surface area contributed by atoms with E-state index in [0.717, 1.165) is 6.34 Å². The summed E-state index contributed by atoms with van der Waals surface area (Å²) in [6.07, 6.45) is 1.35. The van der Waals surface area contributed by atoms with E-state index in [4.69, 9.17) is 10.1 Å². The quantitative estimate of drug-likeness (QED) is 0.231. The Bertz CT molecular complexity index is 1170. The molecule has 1 atom stereocenters. The number of anilines is 2. The molecule has 2 aromatic rings. The van der Waals surface area contributed by atoms with E-state index in [-0.39, 0.29) is 44.3 Å². The molecular formula is C24H27FN6O6. The highest BCUT2D eigenvalue weighted by atomic mass is 19.1. The molecule has 12 nitrogen and oxygen atoms in total. The van der Waals surface area contributed by atoms with E-state index in [9.17, 15) is 23.6 Å². The van der Waals surface area contributed by atoms with Gasteiger partial charge in [-0.05, 0) is 30.3 Å². The topological polar surface area (TPSA) is 154 Å². The molecule has 13 heteroatoms. The van der Waals surface area contributed by atoms with Gasteiger partial charge in [0.15, 0.2) is 6.61 Å². The second-order valence-corrected chi connectivity index (χ2v) is 8.08. The predicted octanol–water partition coefficient (Wildman–Crippen LogP) is 1.44. The van der Waals surface area contributed by atoms with Crippen LogP contribution in [0.1, 0.15) is 13.8 Å². The van der Waals surface area contributed by atoms with Gasteiger partial charge in [0.05, 0.1) is 25.1 Å². The number of cyclic esters (lactones) is 1. The van der Waals surface area contributed by atoms with Crippen molar-refractivity contribution in [1.29, 1.82) is 5.41 Å². The zero-order valence-corrected chi connectivity index (χ0v) is 20.3. The third-order valence-electron chi connectivity index (χ3n) is 5.31. The van der Waals surface area contributed by atoms with Crippen molar-refractivity contribution in [2.24, 2.45) is 0 Å². The number of aromatic nitrogens is 1. The Morgan fingerprint density at radius 3 is 2.68 bits per heavy atom. The molecule has 1 aromatic heterocycles. The molecule has 0 spiro atoms. The van der Waals surface area contributed by atoms with Crippen LogP contribution >= 0.6 is 0 Å². The van der Waals surface area contributed by atoms with Gasteiger partial charge >= 0.3 is 12.1 Å². The number of benzene rings is 1. The lowest BCUT2D eigenvalue weighted by atomic mass is 10.1. The van der Waals surface area contributed by atoms with Crippen molar-refractivity contribution < 1.29 is 33.0 Å². The molecule has 0 bridgehead atoms. The summed E-state index contributed by atoms with van der Waals surface area (Å²) in [5.41, 5.74) is 1.08. The minimum absolute atomic E-state index is 0.170. The Balaban J connectivity index is 1.61. The molecule has 1 aliphatic rings. The van der Waals surface area contributed by atoms with Crippen LogP contribution in [0.5, 0.6) is 0 Å². The van der Waals surface area contributed by atoms with Gasteiger partial charge in [-0.3, -0.25) is 24.7 Å². The first kappa shape index (κ1) is 27.0. The van der Waals surface area contributed by atoms with Gasteiger partial charge in [-0.2, -0.15) is 0 Å². The van der Waals surface area contributed by atoms with Gasteiger partial charge in [0.2, 0.25) is 5.91 Å². The smallest absolute Gasteiger partial charge is 0.414 e. The number of hydrogen-bond donors (Lipinski definition) is 3.